The van der Waals surface area contributed by atoms with Crippen molar-refractivity contribution in [1.29, 1.82) is 0 Å². The van der Waals surface area contributed by atoms with E-state index < -0.39 is 8.07 Å². The van der Waals surface area contributed by atoms with Crippen LogP contribution in [0.3, 0.4) is 0 Å². The van der Waals surface area contributed by atoms with Gasteiger partial charge in [0.25, 0.3) is 0 Å². The summed E-state index contributed by atoms with van der Waals surface area (Å²) in [4.78, 5) is 8.03. The second-order valence-electron chi connectivity index (χ2n) is 4.54. The largest absolute Gasteiger partial charge is 0.383 e. The summed E-state index contributed by atoms with van der Waals surface area (Å²) >= 11 is 0. The normalized spacial score (nSPS) is 11.2. The molecule has 0 aliphatic rings. The van der Waals surface area contributed by atoms with Crippen LogP contribution in [-0.4, -0.2) is 27.8 Å². The molecule has 82 valence electrons. The van der Waals surface area contributed by atoms with E-state index in [9.17, 15) is 0 Å². The number of anilines is 1. The van der Waals surface area contributed by atoms with Crippen LogP contribution in [0.2, 0.25) is 19.6 Å². The van der Waals surface area contributed by atoms with Crippen molar-refractivity contribution in [3.05, 3.63) is 12.5 Å². The minimum Gasteiger partial charge on any atom is -0.383 e. The first kappa shape index (κ1) is 10.6. The smallest absolute Gasteiger partial charge is 0.177 e. The number of rotatable bonds is 0. The molecule has 6 heteroatoms. The molecule has 0 aliphatic heterocycles. The Bertz CT molecular complexity index is 585. The molecule has 0 amide bonds. The Morgan fingerprint density at radius 1 is 1.31 bits per heavy atom. The Balaban J connectivity index is 2.54. The standard InChI is InChI=1S/C10H13N5Si/c1-16(2,3)5-4-15-10-8(6-14-15)9(11)12-7-13-10/h6-7H,1-3H3,(H2,11,12,13). The van der Waals surface area contributed by atoms with Gasteiger partial charge in [-0.15, -0.1) is 5.54 Å². The van der Waals surface area contributed by atoms with Crippen molar-refractivity contribution in [2.75, 3.05) is 5.73 Å². The summed E-state index contributed by atoms with van der Waals surface area (Å²) in [7, 11) is -1.41. The van der Waals surface area contributed by atoms with Crippen LogP contribution in [0.5, 0.6) is 0 Å². The minimum atomic E-state index is -1.41. The molecule has 5 nitrogen and oxygen atoms in total. The summed E-state index contributed by atoms with van der Waals surface area (Å²) in [5, 5.41) is 4.88. The molecular weight excluding hydrogens is 218 g/mol. The lowest BCUT2D eigenvalue weighted by Crippen LogP contribution is -2.17. The van der Waals surface area contributed by atoms with Gasteiger partial charge in [0, 0.05) is 6.04 Å². The maximum absolute atomic E-state index is 5.71. The first-order valence-corrected chi connectivity index (χ1v) is 8.45. The molecule has 2 aromatic rings. The summed E-state index contributed by atoms with van der Waals surface area (Å²) in [5.41, 5.74) is 9.60. The third-order valence-corrected chi connectivity index (χ3v) is 2.80. The molecule has 2 N–H and O–H groups in total. The van der Waals surface area contributed by atoms with Gasteiger partial charge < -0.3 is 5.73 Å². The van der Waals surface area contributed by atoms with Crippen molar-refractivity contribution in [3.63, 3.8) is 0 Å². The average molecular weight is 231 g/mol. The molecule has 2 rings (SSSR count). The molecule has 2 aromatic heterocycles. The fourth-order valence-corrected chi connectivity index (χ4v) is 1.61. The number of hydrogen-bond donors (Lipinski definition) is 1. The number of hydrogen-bond acceptors (Lipinski definition) is 4. The van der Waals surface area contributed by atoms with E-state index in [1.165, 1.54) is 6.33 Å². The van der Waals surface area contributed by atoms with Gasteiger partial charge in [0.05, 0.1) is 11.6 Å². The van der Waals surface area contributed by atoms with Gasteiger partial charge >= 0.3 is 0 Å². The van der Waals surface area contributed by atoms with Crippen LogP contribution < -0.4 is 5.73 Å². The molecule has 0 atom stereocenters. The van der Waals surface area contributed by atoms with Crippen LogP contribution in [0.4, 0.5) is 5.82 Å². The Morgan fingerprint density at radius 3 is 2.75 bits per heavy atom. The van der Waals surface area contributed by atoms with Crippen molar-refractivity contribution in [2.45, 2.75) is 19.6 Å². The second-order valence-corrected chi connectivity index (χ2v) is 9.29. The molecule has 0 spiro atoms. The predicted molar refractivity (Wildman–Crippen MR) is 66.3 cm³/mol. The average Bonchev–Trinajstić information content (AvgIpc) is 2.58. The van der Waals surface area contributed by atoms with Gasteiger partial charge in [-0.3, -0.25) is 0 Å². The van der Waals surface area contributed by atoms with E-state index in [1.54, 1.807) is 10.9 Å². The van der Waals surface area contributed by atoms with E-state index in [4.69, 9.17) is 5.73 Å². The van der Waals surface area contributed by atoms with Crippen LogP contribution in [0.1, 0.15) is 0 Å². The lowest BCUT2D eigenvalue weighted by atomic mass is 10.4. The highest BCUT2D eigenvalue weighted by Gasteiger charge is 2.09. The van der Waals surface area contributed by atoms with Gasteiger partial charge in [0.2, 0.25) is 0 Å². The highest BCUT2D eigenvalue weighted by molar-refractivity contribution is 6.83. The zero-order valence-electron chi connectivity index (χ0n) is 9.52. The van der Waals surface area contributed by atoms with Crippen LogP contribution in [0.15, 0.2) is 12.5 Å². The predicted octanol–water partition coefficient (Wildman–Crippen LogP) is 1.09. The number of nitrogens with zero attached hydrogens (tertiary/aromatic N) is 4. The fourth-order valence-electron chi connectivity index (χ4n) is 1.16. The molecular formula is C10H13N5Si. The van der Waals surface area contributed by atoms with Crippen molar-refractivity contribution in [2.24, 2.45) is 0 Å². The molecule has 0 saturated heterocycles. The van der Waals surface area contributed by atoms with Gasteiger partial charge in [-0.05, 0) is 0 Å². The number of fused-ring (bicyclic) bond motifs is 1. The van der Waals surface area contributed by atoms with Crippen LogP contribution in [-0.2, 0) is 0 Å². The van der Waals surface area contributed by atoms with Gasteiger partial charge in [-0.1, -0.05) is 19.6 Å². The summed E-state index contributed by atoms with van der Waals surface area (Å²) in [6.07, 6.45) is 3.07. The third kappa shape index (κ3) is 2.04. The fraction of sp³-hybridized carbons (Fsp3) is 0.300. The van der Waals surface area contributed by atoms with E-state index >= 15 is 0 Å². The zero-order chi connectivity index (χ0) is 11.8. The lowest BCUT2D eigenvalue weighted by molar-refractivity contribution is 0.930. The molecule has 0 bridgehead atoms. The van der Waals surface area contributed by atoms with Crippen LogP contribution in [0, 0.1) is 11.6 Å². The molecule has 0 aliphatic carbocycles. The molecule has 0 saturated carbocycles. The zero-order valence-corrected chi connectivity index (χ0v) is 10.5. The maximum Gasteiger partial charge on any atom is 0.177 e. The minimum absolute atomic E-state index is 0.436. The Kier molecular flexibility index (Phi) is 2.40. The highest BCUT2D eigenvalue weighted by atomic mass is 28.3. The molecule has 0 aromatic carbocycles. The topological polar surface area (TPSA) is 69.6 Å². The number of nitrogens with two attached hydrogens (primary N) is 1. The lowest BCUT2D eigenvalue weighted by Gasteiger charge is -2.02. The maximum atomic E-state index is 5.71. The quantitative estimate of drug-likeness (QED) is 0.544. The SMILES string of the molecule is C[Si](C)(C)C#Cn1ncc2c(N)ncnc21. The first-order chi connectivity index (χ1) is 7.47. The van der Waals surface area contributed by atoms with Crippen molar-refractivity contribution in [3.8, 4) is 11.6 Å². The summed E-state index contributed by atoms with van der Waals surface area (Å²) in [6.45, 7) is 6.53. The number of nitrogen functional groups attached to an aromatic ring is 1. The summed E-state index contributed by atoms with van der Waals surface area (Å²) < 4.78 is 1.56. The summed E-state index contributed by atoms with van der Waals surface area (Å²) in [5.74, 6) is 0.436. The number of aromatic nitrogens is 4. The van der Waals surface area contributed by atoms with Gasteiger partial charge in [0.15, 0.2) is 5.65 Å². The Hall–Kier alpha value is -1.87. The van der Waals surface area contributed by atoms with Crippen LogP contribution in [0.25, 0.3) is 11.0 Å². The molecule has 16 heavy (non-hydrogen) atoms. The van der Waals surface area contributed by atoms with Gasteiger partial charge in [0.1, 0.15) is 20.2 Å². The van der Waals surface area contributed by atoms with Gasteiger partial charge in [-0.2, -0.15) is 9.78 Å². The second kappa shape index (κ2) is 3.61. The third-order valence-electron chi connectivity index (χ3n) is 1.93. The molecule has 0 unspecified atom stereocenters. The highest BCUT2D eigenvalue weighted by Crippen LogP contribution is 2.14. The molecule has 2 heterocycles. The van der Waals surface area contributed by atoms with E-state index in [1.807, 2.05) is 0 Å². The van der Waals surface area contributed by atoms with Gasteiger partial charge in [-0.25, -0.2) is 9.97 Å². The van der Waals surface area contributed by atoms with E-state index in [-0.39, 0.29) is 0 Å². The molecule has 0 fully saturated rings. The van der Waals surface area contributed by atoms with E-state index in [0.29, 0.717) is 11.5 Å². The first-order valence-electron chi connectivity index (χ1n) is 4.95. The van der Waals surface area contributed by atoms with E-state index in [0.717, 1.165) is 5.39 Å². The summed E-state index contributed by atoms with van der Waals surface area (Å²) in [6, 6.07) is 3.01. The van der Waals surface area contributed by atoms with Crippen LogP contribution >= 0.6 is 0 Å². The monoisotopic (exact) mass is 231 g/mol. The van der Waals surface area contributed by atoms with Crippen molar-refractivity contribution in [1.82, 2.24) is 19.7 Å². The van der Waals surface area contributed by atoms with E-state index in [2.05, 4.69) is 46.3 Å². The van der Waals surface area contributed by atoms with Crippen molar-refractivity contribution < 1.29 is 0 Å². The Labute approximate surface area is 94.7 Å². The van der Waals surface area contributed by atoms with Crippen molar-refractivity contribution >= 4 is 24.9 Å². The Morgan fingerprint density at radius 2 is 2.06 bits per heavy atom. The molecule has 0 radical (unpaired) electrons.